The Hall–Kier alpha value is -2.91. The number of rotatable bonds is 4. The van der Waals surface area contributed by atoms with Crippen molar-refractivity contribution >= 4 is 32.7 Å². The van der Waals surface area contributed by atoms with Gasteiger partial charge in [-0.2, -0.15) is 0 Å². The standard InChI is InChI=1S/C15H13N5O3S/c16-24(22,23)9-10-5-7-11(8-6-10)17-15(21)14-18-12-3-1-2-4-13(12)19-20-14/h1-8H,9H2,(H,17,21)(H2,16,22,23). The SMILES string of the molecule is NS(=O)(=O)Cc1ccc(NC(=O)c2nnc3ccccc3n2)cc1. The van der Waals surface area contributed by atoms with Crippen LogP contribution in [0.5, 0.6) is 0 Å². The molecule has 3 aromatic rings. The van der Waals surface area contributed by atoms with Crippen LogP contribution < -0.4 is 10.5 Å². The summed E-state index contributed by atoms with van der Waals surface area (Å²) >= 11 is 0. The minimum absolute atomic E-state index is 0.0534. The fourth-order valence-corrected chi connectivity index (χ4v) is 2.74. The Kier molecular flexibility index (Phi) is 4.19. The van der Waals surface area contributed by atoms with Gasteiger partial charge >= 0.3 is 0 Å². The molecule has 3 N–H and O–H groups in total. The second-order valence-electron chi connectivity index (χ2n) is 5.08. The van der Waals surface area contributed by atoms with Crippen LogP contribution in [0.1, 0.15) is 16.2 Å². The molecule has 0 spiro atoms. The summed E-state index contributed by atoms with van der Waals surface area (Å²) in [7, 11) is -3.59. The fourth-order valence-electron chi connectivity index (χ4n) is 2.08. The number of benzene rings is 2. The van der Waals surface area contributed by atoms with E-state index in [0.29, 0.717) is 22.3 Å². The number of fused-ring (bicyclic) bond motifs is 1. The van der Waals surface area contributed by atoms with Crippen LogP contribution in [-0.2, 0) is 15.8 Å². The number of primary sulfonamides is 1. The zero-order chi connectivity index (χ0) is 17.2. The van der Waals surface area contributed by atoms with Gasteiger partial charge in [-0.05, 0) is 29.8 Å². The lowest BCUT2D eigenvalue weighted by Gasteiger charge is -2.05. The Balaban J connectivity index is 1.76. The predicted molar refractivity (Wildman–Crippen MR) is 88.5 cm³/mol. The first-order valence-corrected chi connectivity index (χ1v) is 8.62. The van der Waals surface area contributed by atoms with Crippen molar-refractivity contribution in [3.8, 4) is 0 Å². The molecule has 24 heavy (non-hydrogen) atoms. The molecule has 0 saturated carbocycles. The molecule has 0 radical (unpaired) electrons. The number of aromatic nitrogens is 3. The third-order valence-corrected chi connectivity index (χ3v) is 3.88. The molecule has 0 saturated heterocycles. The minimum Gasteiger partial charge on any atom is -0.319 e. The highest BCUT2D eigenvalue weighted by Gasteiger charge is 2.12. The highest BCUT2D eigenvalue weighted by Crippen LogP contribution is 2.13. The number of amides is 1. The summed E-state index contributed by atoms with van der Waals surface area (Å²) in [5, 5.41) is 15.4. The number of para-hydroxylation sites is 1. The fraction of sp³-hybridized carbons (Fsp3) is 0.0667. The van der Waals surface area contributed by atoms with Crippen molar-refractivity contribution in [1.29, 1.82) is 0 Å². The monoisotopic (exact) mass is 343 g/mol. The second kappa shape index (κ2) is 6.30. The topological polar surface area (TPSA) is 128 Å². The van der Waals surface area contributed by atoms with Gasteiger partial charge in [0, 0.05) is 5.69 Å². The van der Waals surface area contributed by atoms with Gasteiger partial charge in [0.05, 0.1) is 11.3 Å². The largest absolute Gasteiger partial charge is 0.319 e. The minimum atomic E-state index is -3.59. The van der Waals surface area contributed by atoms with Crippen LogP contribution in [0.25, 0.3) is 11.0 Å². The van der Waals surface area contributed by atoms with E-state index < -0.39 is 15.9 Å². The van der Waals surface area contributed by atoms with Crippen molar-refractivity contribution in [2.24, 2.45) is 5.14 Å². The molecule has 8 nitrogen and oxygen atoms in total. The van der Waals surface area contributed by atoms with E-state index in [0.717, 1.165) is 0 Å². The first kappa shape index (κ1) is 16.0. The number of carbonyl (C=O) groups excluding carboxylic acids is 1. The lowest BCUT2D eigenvalue weighted by atomic mass is 10.2. The lowest BCUT2D eigenvalue weighted by Crippen LogP contribution is -2.17. The van der Waals surface area contributed by atoms with Crippen LogP contribution in [0, 0.1) is 0 Å². The van der Waals surface area contributed by atoms with Gasteiger partial charge < -0.3 is 5.32 Å². The molecule has 9 heteroatoms. The Morgan fingerprint density at radius 1 is 1.00 bits per heavy atom. The van der Waals surface area contributed by atoms with Crippen LogP contribution in [0.2, 0.25) is 0 Å². The smallest absolute Gasteiger partial charge is 0.295 e. The predicted octanol–water partition coefficient (Wildman–Crippen LogP) is 1.07. The molecular formula is C15H13N5O3S. The van der Waals surface area contributed by atoms with E-state index in [1.165, 1.54) is 0 Å². The van der Waals surface area contributed by atoms with Crippen molar-refractivity contribution in [3.63, 3.8) is 0 Å². The molecule has 1 amide bonds. The van der Waals surface area contributed by atoms with Crippen molar-refractivity contribution in [1.82, 2.24) is 15.2 Å². The molecule has 1 aromatic heterocycles. The van der Waals surface area contributed by atoms with Gasteiger partial charge in [-0.3, -0.25) is 4.79 Å². The maximum Gasteiger partial charge on any atom is 0.295 e. The Bertz CT molecular complexity index is 1000. The number of nitrogens with two attached hydrogens (primary N) is 1. The molecule has 1 heterocycles. The van der Waals surface area contributed by atoms with Gasteiger partial charge in [0.1, 0.15) is 5.52 Å². The quantitative estimate of drug-likeness (QED) is 0.729. The molecular weight excluding hydrogens is 330 g/mol. The summed E-state index contributed by atoms with van der Waals surface area (Å²) in [6.07, 6.45) is 0. The van der Waals surface area contributed by atoms with Crippen molar-refractivity contribution in [2.75, 3.05) is 5.32 Å². The zero-order valence-corrected chi connectivity index (χ0v) is 13.2. The van der Waals surface area contributed by atoms with E-state index in [2.05, 4.69) is 20.5 Å². The first-order chi connectivity index (χ1) is 11.4. The van der Waals surface area contributed by atoms with Gasteiger partial charge in [0.2, 0.25) is 15.8 Å². The maximum absolute atomic E-state index is 12.2. The van der Waals surface area contributed by atoms with Gasteiger partial charge in [0.25, 0.3) is 5.91 Å². The average Bonchev–Trinajstić information content (AvgIpc) is 2.55. The summed E-state index contributed by atoms with van der Waals surface area (Å²) in [6.45, 7) is 0. The molecule has 0 aliphatic carbocycles. The van der Waals surface area contributed by atoms with E-state index >= 15 is 0 Å². The van der Waals surface area contributed by atoms with Crippen molar-refractivity contribution in [2.45, 2.75) is 5.75 Å². The van der Waals surface area contributed by atoms with Crippen LogP contribution in [0.3, 0.4) is 0 Å². The van der Waals surface area contributed by atoms with Gasteiger partial charge in [-0.15, -0.1) is 10.2 Å². The summed E-state index contributed by atoms with van der Waals surface area (Å²) < 4.78 is 22.1. The maximum atomic E-state index is 12.2. The summed E-state index contributed by atoms with van der Waals surface area (Å²) in [4.78, 5) is 16.3. The Morgan fingerprint density at radius 2 is 1.67 bits per heavy atom. The summed E-state index contributed by atoms with van der Waals surface area (Å²) in [5.74, 6) is -0.825. The normalized spacial score (nSPS) is 11.4. The van der Waals surface area contributed by atoms with Gasteiger partial charge in [-0.1, -0.05) is 24.3 Å². The molecule has 0 aliphatic rings. The molecule has 3 rings (SSSR count). The molecule has 0 unspecified atom stereocenters. The molecule has 122 valence electrons. The Morgan fingerprint density at radius 3 is 2.33 bits per heavy atom. The van der Waals surface area contributed by atoms with Crippen LogP contribution >= 0.6 is 0 Å². The number of hydrogen-bond acceptors (Lipinski definition) is 6. The van der Waals surface area contributed by atoms with E-state index in [1.54, 1.807) is 42.5 Å². The molecule has 0 bridgehead atoms. The molecule has 0 atom stereocenters. The van der Waals surface area contributed by atoms with E-state index in [9.17, 15) is 13.2 Å². The van der Waals surface area contributed by atoms with Crippen LogP contribution in [-0.4, -0.2) is 29.5 Å². The van der Waals surface area contributed by atoms with Gasteiger partial charge in [-0.25, -0.2) is 18.5 Å². The molecule has 2 aromatic carbocycles. The van der Waals surface area contributed by atoms with Crippen molar-refractivity contribution in [3.05, 3.63) is 59.9 Å². The number of nitrogens with one attached hydrogen (secondary N) is 1. The highest BCUT2D eigenvalue weighted by atomic mass is 32.2. The first-order valence-electron chi connectivity index (χ1n) is 6.91. The van der Waals surface area contributed by atoms with Crippen molar-refractivity contribution < 1.29 is 13.2 Å². The Labute approximate surface area is 137 Å². The summed E-state index contributed by atoms with van der Waals surface area (Å²) in [6, 6.07) is 13.4. The lowest BCUT2D eigenvalue weighted by molar-refractivity contribution is 0.101. The van der Waals surface area contributed by atoms with E-state index in [-0.39, 0.29) is 11.6 Å². The van der Waals surface area contributed by atoms with Gasteiger partial charge in [0.15, 0.2) is 0 Å². The molecule has 0 fully saturated rings. The van der Waals surface area contributed by atoms with Crippen LogP contribution in [0.4, 0.5) is 5.69 Å². The third kappa shape index (κ3) is 3.89. The zero-order valence-electron chi connectivity index (χ0n) is 12.4. The molecule has 0 aliphatic heterocycles. The second-order valence-corrected chi connectivity index (χ2v) is 6.70. The van der Waals surface area contributed by atoms with E-state index in [4.69, 9.17) is 5.14 Å². The number of anilines is 1. The third-order valence-electron chi connectivity index (χ3n) is 3.14. The number of hydrogen-bond donors (Lipinski definition) is 2. The number of sulfonamides is 1. The number of carbonyl (C=O) groups is 1. The highest BCUT2D eigenvalue weighted by molar-refractivity contribution is 7.88. The number of nitrogens with zero attached hydrogens (tertiary/aromatic N) is 3. The average molecular weight is 343 g/mol. The van der Waals surface area contributed by atoms with Crippen LogP contribution in [0.15, 0.2) is 48.5 Å². The summed E-state index contributed by atoms with van der Waals surface area (Å²) in [5.41, 5.74) is 2.18. The van der Waals surface area contributed by atoms with E-state index in [1.807, 2.05) is 6.07 Å².